The number of amides is 1. The first-order chi connectivity index (χ1) is 21.9. The summed E-state index contributed by atoms with van der Waals surface area (Å²) < 4.78 is 5.55. The van der Waals surface area contributed by atoms with Crippen LogP contribution in [0.3, 0.4) is 0 Å². The van der Waals surface area contributed by atoms with Gasteiger partial charge in [-0.05, 0) is 64.4 Å². The van der Waals surface area contributed by atoms with Gasteiger partial charge in [-0.15, -0.1) is 0 Å². The first-order valence-electron chi connectivity index (χ1n) is 15.6. The number of carbonyl (C=O) groups is 1. The molecule has 0 atom stereocenters. The monoisotopic (exact) mass is 613 g/mol. The molecule has 9 nitrogen and oxygen atoms in total. The summed E-state index contributed by atoms with van der Waals surface area (Å²) in [6, 6.07) is 15.0. The van der Waals surface area contributed by atoms with Crippen LogP contribution in [0.2, 0.25) is 0 Å². The van der Waals surface area contributed by atoms with E-state index in [1.807, 2.05) is 95.3 Å². The predicted octanol–water partition coefficient (Wildman–Crippen LogP) is 7.98. The maximum Gasteiger partial charge on any atom is 0.255 e. The van der Waals surface area contributed by atoms with Crippen molar-refractivity contribution in [1.82, 2.24) is 15.3 Å². The third-order valence-corrected chi connectivity index (χ3v) is 6.45. The Hall–Kier alpha value is -4.79. The molecular weight excluding hydrogens is 562 g/mol. The van der Waals surface area contributed by atoms with Crippen molar-refractivity contribution in [3.8, 4) is 5.75 Å². The smallest absolute Gasteiger partial charge is 0.255 e. The number of ether oxygens (including phenoxy) is 1. The van der Waals surface area contributed by atoms with Crippen LogP contribution in [0.4, 0.5) is 11.6 Å². The van der Waals surface area contributed by atoms with Gasteiger partial charge in [0.15, 0.2) is 0 Å². The standard InChI is InChI=1S/C26H30N6O2.C6H10.C2H5N.C2H6/c1-2-34-21-10-6-5-9-20(21)26(33)29-15-17-11-13-18(14-12-17)23(27)22-24(28)30-16-31-25(22)32-19-7-3-4-8-19;1-3-5-6-4-2;1-2-3;1-2/h5-6,9-14,16,19,27H,2-4,7-8,15H2,1H3,(H,29,33)(H3,28,30,31,32);3-6H,1-2H3;2-3H,1H3;1-2H3/b;5-3-,6-4-;;. The highest BCUT2D eigenvalue weighted by Gasteiger charge is 2.21. The van der Waals surface area contributed by atoms with E-state index >= 15 is 0 Å². The lowest BCUT2D eigenvalue weighted by atomic mass is 10.0. The minimum Gasteiger partial charge on any atom is -0.493 e. The number of hydrogen-bond acceptors (Lipinski definition) is 8. The molecule has 0 aliphatic heterocycles. The number of benzene rings is 2. The van der Waals surface area contributed by atoms with Crippen molar-refractivity contribution >= 4 is 29.5 Å². The number of rotatable bonds is 10. The number of nitrogens with zero attached hydrogens (tertiary/aromatic N) is 2. The van der Waals surface area contributed by atoms with Gasteiger partial charge in [0.25, 0.3) is 5.91 Å². The van der Waals surface area contributed by atoms with Crippen LogP contribution in [-0.2, 0) is 6.54 Å². The second-order valence-corrected chi connectivity index (χ2v) is 9.63. The van der Waals surface area contributed by atoms with Gasteiger partial charge in [-0.25, -0.2) is 9.97 Å². The molecule has 3 aromatic rings. The Morgan fingerprint density at radius 2 is 1.60 bits per heavy atom. The fourth-order valence-corrected chi connectivity index (χ4v) is 4.39. The van der Waals surface area contributed by atoms with Gasteiger partial charge in [-0.1, -0.05) is 87.4 Å². The second-order valence-electron chi connectivity index (χ2n) is 9.63. The van der Waals surface area contributed by atoms with Crippen LogP contribution in [0, 0.1) is 10.8 Å². The van der Waals surface area contributed by atoms with E-state index in [4.69, 9.17) is 21.3 Å². The van der Waals surface area contributed by atoms with Crippen LogP contribution >= 0.6 is 0 Å². The minimum atomic E-state index is -0.197. The molecule has 1 aliphatic rings. The van der Waals surface area contributed by atoms with E-state index in [0.717, 1.165) is 18.4 Å². The molecule has 0 bridgehead atoms. The summed E-state index contributed by atoms with van der Waals surface area (Å²) in [5, 5.41) is 21.2. The average Bonchev–Trinajstić information content (AvgIpc) is 3.58. The van der Waals surface area contributed by atoms with Crippen LogP contribution in [0.1, 0.15) is 94.3 Å². The van der Waals surface area contributed by atoms with Crippen molar-refractivity contribution in [2.75, 3.05) is 17.7 Å². The van der Waals surface area contributed by atoms with Gasteiger partial charge < -0.3 is 26.5 Å². The highest BCUT2D eigenvalue weighted by atomic mass is 16.5. The van der Waals surface area contributed by atoms with Crippen molar-refractivity contribution in [1.29, 1.82) is 10.8 Å². The van der Waals surface area contributed by atoms with E-state index in [1.54, 1.807) is 19.1 Å². The van der Waals surface area contributed by atoms with Crippen molar-refractivity contribution in [2.24, 2.45) is 0 Å². The van der Waals surface area contributed by atoms with E-state index in [0.29, 0.717) is 47.5 Å². The third kappa shape index (κ3) is 13.2. The molecule has 0 saturated heterocycles. The Kier molecular flexibility index (Phi) is 19.3. The lowest BCUT2D eigenvalue weighted by molar-refractivity contribution is 0.0947. The molecule has 1 aliphatic carbocycles. The lowest BCUT2D eigenvalue weighted by Crippen LogP contribution is -2.23. The van der Waals surface area contributed by atoms with Crippen LogP contribution in [-0.4, -0.2) is 40.5 Å². The Balaban J connectivity index is 0.000000802. The number of aromatic nitrogens is 2. The number of hydrogen-bond donors (Lipinski definition) is 5. The molecule has 1 aromatic heterocycles. The fourth-order valence-electron chi connectivity index (χ4n) is 4.39. The summed E-state index contributed by atoms with van der Waals surface area (Å²) in [5.41, 5.74) is 9.05. The van der Waals surface area contributed by atoms with E-state index in [-0.39, 0.29) is 17.4 Å². The molecule has 0 unspecified atom stereocenters. The highest BCUT2D eigenvalue weighted by molar-refractivity contribution is 6.16. The quantitative estimate of drug-likeness (QED) is 0.116. The third-order valence-electron chi connectivity index (χ3n) is 6.45. The zero-order chi connectivity index (χ0) is 33.5. The maximum absolute atomic E-state index is 12.6. The van der Waals surface area contributed by atoms with Gasteiger partial charge in [-0.3, -0.25) is 10.2 Å². The van der Waals surface area contributed by atoms with E-state index in [1.165, 1.54) is 25.4 Å². The Bertz CT molecular complexity index is 1350. The SMILES string of the molecule is C/C=C\C=C/C.CC.CC=N.CCOc1ccccc1C(=O)NCc1ccc(C(=N)c2c(N)ncnc2NC2CCCC2)cc1. The van der Waals surface area contributed by atoms with Gasteiger partial charge >= 0.3 is 0 Å². The Morgan fingerprint density at radius 1 is 1.00 bits per heavy atom. The maximum atomic E-state index is 12.6. The van der Waals surface area contributed by atoms with E-state index in [2.05, 4.69) is 20.6 Å². The van der Waals surface area contributed by atoms with Crippen molar-refractivity contribution in [3.05, 3.63) is 101 Å². The summed E-state index contributed by atoms with van der Waals surface area (Å²) in [4.78, 5) is 21.1. The largest absolute Gasteiger partial charge is 0.493 e. The first-order valence-corrected chi connectivity index (χ1v) is 15.6. The molecule has 242 valence electrons. The zero-order valence-electron chi connectivity index (χ0n) is 27.7. The fraction of sp³-hybridized carbons (Fsp3) is 0.361. The Morgan fingerprint density at radius 3 is 2.18 bits per heavy atom. The molecule has 1 heterocycles. The Labute approximate surface area is 269 Å². The minimum absolute atomic E-state index is 0.197. The van der Waals surface area contributed by atoms with Crippen molar-refractivity contribution in [3.63, 3.8) is 0 Å². The molecule has 9 heteroatoms. The van der Waals surface area contributed by atoms with Gasteiger partial charge in [0.05, 0.1) is 23.4 Å². The number of anilines is 2. The molecule has 4 rings (SSSR count). The predicted molar refractivity (Wildman–Crippen MR) is 189 cm³/mol. The van der Waals surface area contributed by atoms with Crippen molar-refractivity contribution in [2.45, 2.75) is 79.8 Å². The average molecular weight is 614 g/mol. The molecule has 2 aromatic carbocycles. The number of nitrogens with one attached hydrogen (secondary N) is 4. The van der Waals surface area contributed by atoms with Gasteiger partial charge in [-0.2, -0.15) is 0 Å². The number of nitrogen functional groups attached to an aromatic ring is 1. The molecule has 6 N–H and O–H groups in total. The molecule has 0 spiro atoms. The van der Waals surface area contributed by atoms with Crippen molar-refractivity contribution < 1.29 is 9.53 Å². The van der Waals surface area contributed by atoms with E-state index in [9.17, 15) is 4.79 Å². The topological polar surface area (TPSA) is 150 Å². The van der Waals surface area contributed by atoms with Gasteiger partial charge in [0.1, 0.15) is 23.7 Å². The number of carbonyl (C=O) groups excluding carboxylic acids is 1. The number of nitrogens with two attached hydrogens (primary N) is 1. The van der Waals surface area contributed by atoms with Gasteiger partial charge in [0, 0.05) is 18.2 Å². The first kappa shape index (κ1) is 38.2. The molecule has 45 heavy (non-hydrogen) atoms. The molecule has 0 radical (unpaired) electrons. The van der Waals surface area contributed by atoms with Crippen LogP contribution in [0.5, 0.6) is 5.75 Å². The molecule has 1 fully saturated rings. The molecule has 1 amide bonds. The van der Waals surface area contributed by atoms with Crippen LogP contribution in [0.15, 0.2) is 79.2 Å². The van der Waals surface area contributed by atoms with Crippen LogP contribution in [0.25, 0.3) is 0 Å². The van der Waals surface area contributed by atoms with Crippen LogP contribution < -0.4 is 21.1 Å². The summed E-state index contributed by atoms with van der Waals surface area (Å²) >= 11 is 0. The molecule has 1 saturated carbocycles. The van der Waals surface area contributed by atoms with Gasteiger partial charge in [0.2, 0.25) is 0 Å². The summed E-state index contributed by atoms with van der Waals surface area (Å²) in [5.74, 6) is 1.26. The molecular formula is C36H51N7O2. The van der Waals surface area contributed by atoms with E-state index < -0.39 is 0 Å². The highest BCUT2D eigenvalue weighted by Crippen LogP contribution is 2.27. The number of allylic oxidation sites excluding steroid dienone is 4. The zero-order valence-corrected chi connectivity index (χ0v) is 27.7. The second kappa shape index (κ2) is 22.7. The lowest BCUT2D eigenvalue weighted by Gasteiger charge is -2.17. The summed E-state index contributed by atoms with van der Waals surface area (Å²) in [7, 11) is 0. The summed E-state index contributed by atoms with van der Waals surface area (Å²) in [6.07, 6.45) is 15.2. The number of para-hydroxylation sites is 1. The summed E-state index contributed by atoms with van der Waals surface area (Å²) in [6.45, 7) is 12.4. The normalized spacial score (nSPS) is 12.1.